The number of rotatable bonds is 6. The quantitative estimate of drug-likeness (QED) is 0.785. The SMILES string of the molecule is CC(CNCC1CCCO1)Sc1cnn(C)c1. The summed E-state index contributed by atoms with van der Waals surface area (Å²) in [6.45, 7) is 5.17. The first-order chi connectivity index (χ1) is 8.24. The van der Waals surface area contributed by atoms with Crippen molar-refractivity contribution in [1.82, 2.24) is 15.1 Å². The van der Waals surface area contributed by atoms with Crippen LogP contribution in [-0.4, -0.2) is 40.8 Å². The molecular formula is C12H21N3OS. The van der Waals surface area contributed by atoms with Crippen molar-refractivity contribution in [3.05, 3.63) is 12.4 Å². The summed E-state index contributed by atoms with van der Waals surface area (Å²) >= 11 is 1.86. The molecular weight excluding hydrogens is 234 g/mol. The van der Waals surface area contributed by atoms with Gasteiger partial charge in [0.05, 0.1) is 12.3 Å². The minimum Gasteiger partial charge on any atom is -0.377 e. The zero-order valence-corrected chi connectivity index (χ0v) is 11.4. The topological polar surface area (TPSA) is 39.1 Å². The summed E-state index contributed by atoms with van der Waals surface area (Å²) in [5.74, 6) is 0. The van der Waals surface area contributed by atoms with Crippen molar-refractivity contribution in [3.63, 3.8) is 0 Å². The standard InChI is InChI=1S/C12H21N3OS/c1-10(17-12-8-14-15(2)9-12)6-13-7-11-4-3-5-16-11/h8-11,13H,3-7H2,1-2H3. The maximum absolute atomic E-state index is 5.57. The van der Waals surface area contributed by atoms with Gasteiger partial charge in [0.15, 0.2) is 0 Å². The monoisotopic (exact) mass is 255 g/mol. The zero-order chi connectivity index (χ0) is 12.1. The number of hydrogen-bond donors (Lipinski definition) is 1. The summed E-state index contributed by atoms with van der Waals surface area (Å²) in [5.41, 5.74) is 0. The van der Waals surface area contributed by atoms with Crippen molar-refractivity contribution < 1.29 is 4.74 Å². The number of nitrogens with one attached hydrogen (secondary N) is 1. The average molecular weight is 255 g/mol. The van der Waals surface area contributed by atoms with Crippen LogP contribution in [0.5, 0.6) is 0 Å². The fourth-order valence-electron chi connectivity index (χ4n) is 1.99. The lowest BCUT2D eigenvalue weighted by molar-refractivity contribution is 0.110. The molecule has 0 amide bonds. The molecule has 0 bridgehead atoms. The van der Waals surface area contributed by atoms with Gasteiger partial charge in [-0.3, -0.25) is 4.68 Å². The van der Waals surface area contributed by atoms with Gasteiger partial charge in [0.25, 0.3) is 0 Å². The van der Waals surface area contributed by atoms with Gasteiger partial charge in [0, 0.05) is 43.1 Å². The van der Waals surface area contributed by atoms with Gasteiger partial charge >= 0.3 is 0 Å². The summed E-state index contributed by atoms with van der Waals surface area (Å²) in [7, 11) is 1.95. The molecule has 17 heavy (non-hydrogen) atoms. The lowest BCUT2D eigenvalue weighted by Crippen LogP contribution is -2.30. The second kappa shape index (κ2) is 6.42. The predicted molar refractivity (Wildman–Crippen MR) is 70.4 cm³/mol. The molecule has 0 aliphatic carbocycles. The summed E-state index contributed by atoms with van der Waals surface area (Å²) in [4.78, 5) is 1.24. The highest BCUT2D eigenvalue weighted by Crippen LogP contribution is 2.21. The molecule has 2 heterocycles. The number of aryl methyl sites for hydroxylation is 1. The first kappa shape index (κ1) is 12.9. The Morgan fingerprint density at radius 1 is 1.71 bits per heavy atom. The maximum atomic E-state index is 5.57. The number of hydrogen-bond acceptors (Lipinski definition) is 4. The summed E-state index contributed by atoms with van der Waals surface area (Å²) < 4.78 is 7.42. The van der Waals surface area contributed by atoms with Crippen LogP contribution in [0.2, 0.25) is 0 Å². The van der Waals surface area contributed by atoms with Gasteiger partial charge in [0.2, 0.25) is 0 Å². The highest BCUT2D eigenvalue weighted by atomic mass is 32.2. The van der Waals surface area contributed by atoms with E-state index in [-0.39, 0.29) is 0 Å². The number of nitrogens with zero attached hydrogens (tertiary/aromatic N) is 2. The van der Waals surface area contributed by atoms with Crippen molar-refractivity contribution in [2.75, 3.05) is 19.7 Å². The van der Waals surface area contributed by atoms with E-state index in [0.717, 1.165) is 19.7 Å². The smallest absolute Gasteiger partial charge is 0.0700 e. The summed E-state index contributed by atoms with van der Waals surface area (Å²) in [5, 5.41) is 8.21. The largest absolute Gasteiger partial charge is 0.377 e. The summed E-state index contributed by atoms with van der Waals surface area (Å²) in [6, 6.07) is 0. The molecule has 1 aromatic rings. The summed E-state index contributed by atoms with van der Waals surface area (Å²) in [6.07, 6.45) is 6.83. The Hall–Kier alpha value is -0.520. The molecule has 1 fully saturated rings. The Morgan fingerprint density at radius 2 is 2.59 bits per heavy atom. The molecule has 1 aliphatic heterocycles. The van der Waals surface area contributed by atoms with E-state index in [1.807, 2.05) is 29.7 Å². The Labute approximate surface area is 107 Å². The van der Waals surface area contributed by atoms with Crippen molar-refractivity contribution in [2.45, 2.75) is 36.0 Å². The highest BCUT2D eigenvalue weighted by Gasteiger charge is 2.15. The molecule has 0 saturated carbocycles. The Bertz CT molecular complexity index is 336. The lowest BCUT2D eigenvalue weighted by atomic mass is 10.2. The van der Waals surface area contributed by atoms with Crippen molar-refractivity contribution >= 4 is 11.8 Å². The number of thioether (sulfide) groups is 1. The van der Waals surface area contributed by atoms with E-state index >= 15 is 0 Å². The van der Waals surface area contributed by atoms with Crippen LogP contribution in [0.1, 0.15) is 19.8 Å². The molecule has 4 nitrogen and oxygen atoms in total. The molecule has 96 valence electrons. The van der Waals surface area contributed by atoms with E-state index in [0.29, 0.717) is 11.4 Å². The van der Waals surface area contributed by atoms with E-state index < -0.39 is 0 Å². The molecule has 2 unspecified atom stereocenters. The van der Waals surface area contributed by atoms with Crippen LogP contribution in [0.3, 0.4) is 0 Å². The molecule has 0 spiro atoms. The minimum absolute atomic E-state index is 0.436. The Balaban J connectivity index is 1.61. The van der Waals surface area contributed by atoms with Crippen LogP contribution in [0, 0.1) is 0 Å². The van der Waals surface area contributed by atoms with Gasteiger partial charge in [-0.2, -0.15) is 5.10 Å². The lowest BCUT2D eigenvalue weighted by Gasteiger charge is -2.14. The van der Waals surface area contributed by atoms with Gasteiger partial charge in [-0.1, -0.05) is 6.92 Å². The third-order valence-electron chi connectivity index (χ3n) is 2.85. The Morgan fingerprint density at radius 3 is 3.24 bits per heavy atom. The number of aromatic nitrogens is 2. The predicted octanol–water partition coefficient (Wildman–Crippen LogP) is 1.67. The first-order valence-electron chi connectivity index (χ1n) is 6.21. The third kappa shape index (κ3) is 4.33. The van der Waals surface area contributed by atoms with Crippen LogP contribution in [0.4, 0.5) is 0 Å². The molecule has 1 aromatic heterocycles. The molecule has 0 radical (unpaired) electrons. The molecule has 1 N–H and O–H groups in total. The van der Waals surface area contributed by atoms with Crippen LogP contribution in [0.25, 0.3) is 0 Å². The maximum Gasteiger partial charge on any atom is 0.0700 e. The molecule has 1 saturated heterocycles. The van der Waals surface area contributed by atoms with Crippen molar-refractivity contribution in [1.29, 1.82) is 0 Å². The van der Waals surface area contributed by atoms with Gasteiger partial charge in [0.1, 0.15) is 0 Å². The fraction of sp³-hybridized carbons (Fsp3) is 0.750. The highest BCUT2D eigenvalue weighted by molar-refractivity contribution is 8.00. The number of ether oxygens (including phenoxy) is 1. The van der Waals surface area contributed by atoms with Crippen LogP contribution in [0.15, 0.2) is 17.3 Å². The van der Waals surface area contributed by atoms with Gasteiger partial charge in [-0.25, -0.2) is 0 Å². The van der Waals surface area contributed by atoms with Gasteiger partial charge < -0.3 is 10.1 Å². The van der Waals surface area contributed by atoms with Crippen LogP contribution >= 0.6 is 11.8 Å². The Kier molecular flexibility index (Phi) is 4.88. The van der Waals surface area contributed by atoms with E-state index in [1.165, 1.54) is 17.7 Å². The molecule has 1 aliphatic rings. The first-order valence-corrected chi connectivity index (χ1v) is 7.09. The minimum atomic E-state index is 0.436. The van der Waals surface area contributed by atoms with E-state index in [9.17, 15) is 0 Å². The fourth-order valence-corrected chi connectivity index (χ4v) is 2.97. The van der Waals surface area contributed by atoms with E-state index in [2.05, 4.69) is 23.5 Å². The molecule has 0 aromatic carbocycles. The molecule has 2 rings (SSSR count). The van der Waals surface area contributed by atoms with E-state index in [4.69, 9.17) is 4.74 Å². The second-order valence-corrected chi connectivity index (χ2v) is 6.08. The van der Waals surface area contributed by atoms with Gasteiger partial charge in [-0.05, 0) is 12.8 Å². The van der Waals surface area contributed by atoms with E-state index in [1.54, 1.807) is 0 Å². The zero-order valence-electron chi connectivity index (χ0n) is 10.6. The average Bonchev–Trinajstić information content (AvgIpc) is 2.90. The normalized spacial score (nSPS) is 21.9. The van der Waals surface area contributed by atoms with Crippen LogP contribution in [-0.2, 0) is 11.8 Å². The third-order valence-corrected chi connectivity index (χ3v) is 3.90. The van der Waals surface area contributed by atoms with Crippen LogP contribution < -0.4 is 5.32 Å². The van der Waals surface area contributed by atoms with Crippen molar-refractivity contribution in [3.8, 4) is 0 Å². The second-order valence-electron chi connectivity index (χ2n) is 4.57. The molecule has 2 atom stereocenters. The van der Waals surface area contributed by atoms with Gasteiger partial charge in [-0.15, -0.1) is 11.8 Å². The van der Waals surface area contributed by atoms with Crippen molar-refractivity contribution in [2.24, 2.45) is 7.05 Å². The molecule has 5 heteroatoms.